The molecule has 0 atom stereocenters. The molecule has 0 aliphatic rings. The molecular formula is C5H7BO4. The van der Waals surface area contributed by atoms with Gasteiger partial charge in [-0.25, -0.2) is 0 Å². The van der Waals surface area contributed by atoms with E-state index in [1.807, 2.05) is 0 Å². The highest BCUT2D eigenvalue weighted by atomic mass is 16.7. The lowest BCUT2D eigenvalue weighted by atomic mass is 10.3. The van der Waals surface area contributed by atoms with Crippen LogP contribution in [0.15, 0.2) is 16.5 Å². The van der Waals surface area contributed by atoms with Gasteiger partial charge in [-0.15, -0.1) is 0 Å². The summed E-state index contributed by atoms with van der Waals surface area (Å²) < 4.78 is 9.23. The molecule has 0 saturated heterocycles. The Morgan fingerprint density at radius 2 is 2.20 bits per heavy atom. The van der Waals surface area contributed by atoms with Crippen LogP contribution >= 0.6 is 0 Å². The Kier molecular flexibility index (Phi) is 1.98. The molecule has 5 heteroatoms. The third-order valence-electron chi connectivity index (χ3n) is 0.937. The van der Waals surface area contributed by atoms with Crippen molar-refractivity contribution >= 4 is 7.32 Å². The first-order valence-electron chi connectivity index (χ1n) is 2.78. The minimum atomic E-state index is -1.81. The van der Waals surface area contributed by atoms with E-state index in [0.29, 0.717) is 5.76 Å². The maximum Gasteiger partial charge on any atom is 0.709 e. The minimum absolute atomic E-state index is 0.104. The lowest BCUT2D eigenvalue weighted by Gasteiger charge is -1.96. The van der Waals surface area contributed by atoms with E-state index in [2.05, 4.69) is 4.65 Å². The van der Waals surface area contributed by atoms with Crippen molar-refractivity contribution in [2.45, 2.75) is 6.92 Å². The molecule has 0 aliphatic carbocycles. The van der Waals surface area contributed by atoms with Crippen LogP contribution in [0.3, 0.4) is 0 Å². The third kappa shape index (κ3) is 1.79. The average Bonchev–Trinajstić information content (AvgIpc) is 2.13. The lowest BCUT2D eigenvalue weighted by Crippen LogP contribution is -2.20. The van der Waals surface area contributed by atoms with E-state index in [0.717, 1.165) is 0 Å². The van der Waals surface area contributed by atoms with Crippen LogP contribution in [0, 0.1) is 6.92 Å². The molecule has 0 radical (unpaired) electrons. The summed E-state index contributed by atoms with van der Waals surface area (Å²) in [5, 5.41) is 16.6. The molecule has 1 aromatic heterocycles. The Labute approximate surface area is 58.2 Å². The van der Waals surface area contributed by atoms with Crippen molar-refractivity contribution in [1.82, 2.24) is 0 Å². The molecule has 1 rings (SSSR count). The number of hydrogen-bond acceptors (Lipinski definition) is 4. The summed E-state index contributed by atoms with van der Waals surface area (Å²) in [4.78, 5) is 0. The normalized spacial score (nSPS) is 9.50. The van der Waals surface area contributed by atoms with Crippen molar-refractivity contribution in [3.8, 4) is 5.95 Å². The number of hydrogen-bond donors (Lipinski definition) is 2. The minimum Gasteiger partial charge on any atom is -0.485 e. The van der Waals surface area contributed by atoms with Gasteiger partial charge in [-0.2, -0.15) is 0 Å². The summed E-state index contributed by atoms with van der Waals surface area (Å²) >= 11 is 0. The number of aryl methyl sites for hydroxylation is 1. The Morgan fingerprint density at radius 1 is 1.50 bits per heavy atom. The quantitative estimate of drug-likeness (QED) is 0.567. The summed E-state index contributed by atoms with van der Waals surface area (Å²) in [5.74, 6) is 0.767. The number of furan rings is 1. The van der Waals surface area contributed by atoms with Gasteiger partial charge in [-0.3, -0.25) is 0 Å². The van der Waals surface area contributed by atoms with Gasteiger partial charge in [0.15, 0.2) is 0 Å². The monoisotopic (exact) mass is 142 g/mol. The fraction of sp³-hybridized carbons (Fsp3) is 0.200. The maximum atomic E-state index is 8.29. The van der Waals surface area contributed by atoms with Crippen molar-refractivity contribution in [2.75, 3.05) is 0 Å². The Hall–Kier alpha value is -0.935. The van der Waals surface area contributed by atoms with Crippen LogP contribution in [-0.4, -0.2) is 17.4 Å². The predicted molar refractivity (Wildman–Crippen MR) is 34.3 cm³/mol. The molecule has 0 amide bonds. The van der Waals surface area contributed by atoms with Crippen molar-refractivity contribution in [1.29, 1.82) is 0 Å². The highest BCUT2D eigenvalue weighted by molar-refractivity contribution is 6.33. The van der Waals surface area contributed by atoms with E-state index < -0.39 is 7.32 Å². The van der Waals surface area contributed by atoms with Crippen molar-refractivity contribution in [3.05, 3.63) is 17.9 Å². The van der Waals surface area contributed by atoms with Crippen LogP contribution in [0.2, 0.25) is 0 Å². The second-order valence-electron chi connectivity index (χ2n) is 1.81. The van der Waals surface area contributed by atoms with E-state index in [1.165, 1.54) is 6.07 Å². The third-order valence-corrected chi connectivity index (χ3v) is 0.937. The maximum absolute atomic E-state index is 8.29. The first-order valence-corrected chi connectivity index (χ1v) is 2.78. The topological polar surface area (TPSA) is 62.8 Å². The standard InChI is InChI=1S/C5H7BO4/c1-4-2-3-5(9-4)10-6(7)8/h2-3,7-8H,1H3. The van der Waals surface area contributed by atoms with Gasteiger partial charge in [0, 0.05) is 6.07 Å². The first-order chi connectivity index (χ1) is 4.68. The van der Waals surface area contributed by atoms with Gasteiger partial charge in [-0.1, -0.05) is 0 Å². The average molecular weight is 142 g/mol. The summed E-state index contributed by atoms with van der Waals surface area (Å²) in [6, 6.07) is 3.17. The van der Waals surface area contributed by atoms with E-state index in [1.54, 1.807) is 13.0 Å². The van der Waals surface area contributed by atoms with E-state index in [-0.39, 0.29) is 5.95 Å². The van der Waals surface area contributed by atoms with E-state index >= 15 is 0 Å². The van der Waals surface area contributed by atoms with Crippen LogP contribution in [0.25, 0.3) is 0 Å². The van der Waals surface area contributed by atoms with Crippen molar-refractivity contribution in [2.24, 2.45) is 0 Å². The zero-order valence-electron chi connectivity index (χ0n) is 5.44. The van der Waals surface area contributed by atoms with Gasteiger partial charge in [0.25, 0.3) is 5.95 Å². The molecule has 0 bridgehead atoms. The fourth-order valence-electron chi connectivity index (χ4n) is 0.579. The van der Waals surface area contributed by atoms with Crippen LogP contribution in [-0.2, 0) is 0 Å². The fourth-order valence-corrected chi connectivity index (χ4v) is 0.579. The summed E-state index contributed by atoms with van der Waals surface area (Å²) in [7, 11) is -1.81. The molecule has 0 aromatic carbocycles. The highest BCUT2D eigenvalue weighted by Crippen LogP contribution is 2.14. The molecule has 0 unspecified atom stereocenters. The summed E-state index contributed by atoms with van der Waals surface area (Å²) in [5.41, 5.74) is 0. The summed E-state index contributed by atoms with van der Waals surface area (Å²) in [6.45, 7) is 1.73. The van der Waals surface area contributed by atoms with Gasteiger partial charge in [0.05, 0.1) is 0 Å². The second-order valence-corrected chi connectivity index (χ2v) is 1.81. The van der Waals surface area contributed by atoms with Crippen LogP contribution < -0.4 is 4.65 Å². The Bertz CT molecular complexity index is 207. The van der Waals surface area contributed by atoms with Crippen LogP contribution in [0.1, 0.15) is 5.76 Å². The van der Waals surface area contributed by atoms with Gasteiger partial charge >= 0.3 is 7.32 Å². The van der Waals surface area contributed by atoms with Gasteiger partial charge in [0.1, 0.15) is 5.76 Å². The summed E-state index contributed by atoms with van der Waals surface area (Å²) in [6.07, 6.45) is 0. The zero-order chi connectivity index (χ0) is 7.56. The number of rotatable bonds is 2. The molecule has 2 N–H and O–H groups in total. The first kappa shape index (κ1) is 7.18. The van der Waals surface area contributed by atoms with Gasteiger partial charge < -0.3 is 19.1 Å². The molecule has 0 saturated carbocycles. The smallest absolute Gasteiger partial charge is 0.485 e. The van der Waals surface area contributed by atoms with E-state index in [4.69, 9.17) is 14.5 Å². The lowest BCUT2D eigenvalue weighted by molar-refractivity contribution is 0.250. The Balaban J connectivity index is 2.58. The molecule has 4 nitrogen and oxygen atoms in total. The molecule has 1 aromatic rings. The molecular weight excluding hydrogens is 135 g/mol. The second kappa shape index (κ2) is 2.77. The largest absolute Gasteiger partial charge is 0.709 e. The highest BCUT2D eigenvalue weighted by Gasteiger charge is 2.12. The van der Waals surface area contributed by atoms with Crippen molar-refractivity contribution < 1.29 is 19.1 Å². The van der Waals surface area contributed by atoms with Crippen LogP contribution in [0.4, 0.5) is 0 Å². The molecule has 0 spiro atoms. The van der Waals surface area contributed by atoms with Gasteiger partial charge in [-0.05, 0) is 13.0 Å². The zero-order valence-corrected chi connectivity index (χ0v) is 5.44. The SMILES string of the molecule is Cc1ccc(OB(O)O)o1. The molecule has 0 aliphatic heterocycles. The van der Waals surface area contributed by atoms with Crippen molar-refractivity contribution in [3.63, 3.8) is 0 Å². The van der Waals surface area contributed by atoms with Crippen LogP contribution in [0.5, 0.6) is 5.95 Å². The molecule has 10 heavy (non-hydrogen) atoms. The van der Waals surface area contributed by atoms with Gasteiger partial charge in [0.2, 0.25) is 0 Å². The molecule has 1 heterocycles. The predicted octanol–water partition coefficient (Wildman–Crippen LogP) is -0.0637. The Morgan fingerprint density at radius 3 is 2.60 bits per heavy atom. The van der Waals surface area contributed by atoms with E-state index in [9.17, 15) is 0 Å². The molecule has 0 fully saturated rings. The molecule has 54 valence electrons.